The number of amides is 1. The van der Waals surface area contributed by atoms with E-state index < -0.39 is 17.9 Å². The molecular weight excluding hydrogens is 232 g/mol. The van der Waals surface area contributed by atoms with Crippen LogP contribution >= 0.6 is 0 Å². The van der Waals surface area contributed by atoms with Crippen LogP contribution in [0, 0.1) is 5.92 Å². The highest BCUT2D eigenvalue weighted by Gasteiger charge is 2.23. The maximum absolute atomic E-state index is 11.2. The number of carboxylic acids is 1. The Kier molecular flexibility index (Phi) is 3.34. The lowest BCUT2D eigenvalue weighted by atomic mass is 9.92. The zero-order valence-corrected chi connectivity index (χ0v) is 10.1. The summed E-state index contributed by atoms with van der Waals surface area (Å²) in [6.45, 7) is 1.59. The summed E-state index contributed by atoms with van der Waals surface area (Å²) in [6.07, 6.45) is 1.13. The third-order valence-corrected chi connectivity index (χ3v) is 3.34. The molecular formula is C13H16N2O3. The Morgan fingerprint density at radius 2 is 2.17 bits per heavy atom. The highest BCUT2D eigenvalue weighted by atomic mass is 16.4. The van der Waals surface area contributed by atoms with Crippen LogP contribution in [0.15, 0.2) is 18.2 Å². The number of carbonyl (C=O) groups is 2. The number of hydrogen-bond acceptors (Lipinski definition) is 3. The van der Waals surface area contributed by atoms with Gasteiger partial charge in [0.05, 0.1) is 5.92 Å². The summed E-state index contributed by atoms with van der Waals surface area (Å²) in [6, 6.07) is 4.91. The van der Waals surface area contributed by atoms with Crippen molar-refractivity contribution in [2.45, 2.75) is 25.8 Å². The van der Waals surface area contributed by atoms with E-state index in [1.165, 1.54) is 0 Å². The molecule has 1 heterocycles. The Bertz CT molecular complexity index is 499. The summed E-state index contributed by atoms with van der Waals surface area (Å²) in [5, 5.41) is 11.7. The van der Waals surface area contributed by atoms with E-state index in [4.69, 9.17) is 10.8 Å². The standard InChI is InChI=1S/C13H16N2O3/c1-7(13(17)18)12(14)9-2-4-10-8(6-9)3-5-11(16)15-10/h2,4,6-7,12H,3,5,14H2,1H3,(H,15,16)(H,17,18). The van der Waals surface area contributed by atoms with Gasteiger partial charge in [0.1, 0.15) is 0 Å². The van der Waals surface area contributed by atoms with Crippen molar-refractivity contribution in [3.8, 4) is 0 Å². The van der Waals surface area contributed by atoms with E-state index in [0.717, 1.165) is 16.8 Å². The lowest BCUT2D eigenvalue weighted by Crippen LogP contribution is -2.26. The topological polar surface area (TPSA) is 92.4 Å². The van der Waals surface area contributed by atoms with Crippen LogP contribution in [-0.4, -0.2) is 17.0 Å². The average molecular weight is 248 g/mol. The average Bonchev–Trinajstić information content (AvgIpc) is 2.36. The molecule has 0 aromatic heterocycles. The fourth-order valence-electron chi connectivity index (χ4n) is 2.05. The van der Waals surface area contributed by atoms with Gasteiger partial charge in [-0.1, -0.05) is 19.1 Å². The lowest BCUT2D eigenvalue weighted by Gasteiger charge is -2.21. The number of hydrogen-bond donors (Lipinski definition) is 3. The number of aryl methyl sites for hydroxylation is 1. The molecule has 5 heteroatoms. The number of carboxylic acid groups (broad SMARTS) is 1. The molecule has 5 nitrogen and oxygen atoms in total. The number of nitrogens with one attached hydrogen (secondary N) is 1. The van der Waals surface area contributed by atoms with Gasteiger partial charge in [-0.2, -0.15) is 0 Å². The van der Waals surface area contributed by atoms with Gasteiger partial charge in [-0.05, 0) is 23.6 Å². The van der Waals surface area contributed by atoms with Crippen LogP contribution in [0.5, 0.6) is 0 Å². The van der Waals surface area contributed by atoms with Gasteiger partial charge in [0.2, 0.25) is 5.91 Å². The Morgan fingerprint density at radius 3 is 2.83 bits per heavy atom. The quantitative estimate of drug-likeness (QED) is 0.751. The normalized spacial score (nSPS) is 17.6. The predicted molar refractivity (Wildman–Crippen MR) is 67.1 cm³/mol. The molecule has 1 aromatic carbocycles. The lowest BCUT2D eigenvalue weighted by molar-refractivity contribution is -0.141. The number of fused-ring (bicyclic) bond motifs is 1. The number of anilines is 1. The molecule has 0 radical (unpaired) electrons. The largest absolute Gasteiger partial charge is 0.481 e. The minimum absolute atomic E-state index is 0.0125. The van der Waals surface area contributed by atoms with Gasteiger partial charge in [0, 0.05) is 18.2 Å². The number of rotatable bonds is 3. The van der Waals surface area contributed by atoms with E-state index in [0.29, 0.717) is 12.8 Å². The Labute approximate surface area is 105 Å². The third kappa shape index (κ3) is 2.36. The van der Waals surface area contributed by atoms with Crippen LogP contribution < -0.4 is 11.1 Å². The van der Waals surface area contributed by atoms with E-state index in [1.807, 2.05) is 6.07 Å². The van der Waals surface area contributed by atoms with E-state index >= 15 is 0 Å². The van der Waals surface area contributed by atoms with E-state index in [-0.39, 0.29) is 5.91 Å². The highest BCUT2D eigenvalue weighted by molar-refractivity contribution is 5.93. The Hall–Kier alpha value is -1.88. The number of benzene rings is 1. The second-order valence-electron chi connectivity index (χ2n) is 4.62. The van der Waals surface area contributed by atoms with Crippen LogP contribution in [0.3, 0.4) is 0 Å². The van der Waals surface area contributed by atoms with Crippen molar-refractivity contribution in [1.29, 1.82) is 0 Å². The SMILES string of the molecule is CC(C(=O)O)C(N)c1ccc2c(c1)CCC(=O)N2. The zero-order chi connectivity index (χ0) is 13.3. The fraction of sp³-hybridized carbons (Fsp3) is 0.385. The monoisotopic (exact) mass is 248 g/mol. The maximum Gasteiger partial charge on any atom is 0.308 e. The van der Waals surface area contributed by atoms with E-state index in [1.54, 1.807) is 19.1 Å². The second-order valence-corrected chi connectivity index (χ2v) is 4.62. The summed E-state index contributed by atoms with van der Waals surface area (Å²) >= 11 is 0. The molecule has 0 spiro atoms. The maximum atomic E-state index is 11.2. The molecule has 0 saturated heterocycles. The molecule has 0 fully saturated rings. The van der Waals surface area contributed by atoms with Gasteiger partial charge in [0.25, 0.3) is 0 Å². The summed E-state index contributed by atoms with van der Waals surface area (Å²) in [4.78, 5) is 22.1. The van der Waals surface area contributed by atoms with E-state index in [9.17, 15) is 9.59 Å². The number of aliphatic carboxylic acids is 1. The van der Waals surface area contributed by atoms with Crippen LogP contribution in [0.1, 0.15) is 30.5 Å². The van der Waals surface area contributed by atoms with Crippen LogP contribution in [0.25, 0.3) is 0 Å². The summed E-state index contributed by atoms with van der Waals surface area (Å²) in [5.41, 5.74) is 8.53. The first kappa shape index (κ1) is 12.6. The van der Waals surface area contributed by atoms with Crippen molar-refractivity contribution in [2.75, 3.05) is 5.32 Å². The first-order valence-electron chi connectivity index (χ1n) is 5.90. The molecule has 1 aliphatic heterocycles. The smallest absolute Gasteiger partial charge is 0.308 e. The van der Waals surface area contributed by atoms with Gasteiger partial charge >= 0.3 is 5.97 Å². The summed E-state index contributed by atoms with van der Waals surface area (Å²) in [7, 11) is 0. The molecule has 2 rings (SSSR count). The first-order valence-corrected chi connectivity index (χ1v) is 5.90. The second kappa shape index (κ2) is 4.78. The highest BCUT2D eigenvalue weighted by Crippen LogP contribution is 2.27. The van der Waals surface area contributed by atoms with Crippen molar-refractivity contribution in [2.24, 2.45) is 11.7 Å². The molecule has 1 amide bonds. The molecule has 96 valence electrons. The number of nitrogens with two attached hydrogens (primary N) is 1. The molecule has 0 saturated carbocycles. The van der Waals surface area contributed by atoms with Crippen molar-refractivity contribution >= 4 is 17.6 Å². The van der Waals surface area contributed by atoms with Crippen LogP contribution in [-0.2, 0) is 16.0 Å². The van der Waals surface area contributed by atoms with Crippen molar-refractivity contribution < 1.29 is 14.7 Å². The van der Waals surface area contributed by atoms with Gasteiger partial charge in [0.15, 0.2) is 0 Å². The van der Waals surface area contributed by atoms with Gasteiger partial charge in [-0.15, -0.1) is 0 Å². The Morgan fingerprint density at radius 1 is 1.44 bits per heavy atom. The fourth-order valence-corrected chi connectivity index (χ4v) is 2.05. The summed E-state index contributed by atoms with van der Waals surface area (Å²) in [5.74, 6) is -1.53. The first-order chi connectivity index (χ1) is 8.49. The minimum atomic E-state index is -0.909. The molecule has 18 heavy (non-hydrogen) atoms. The van der Waals surface area contributed by atoms with E-state index in [2.05, 4.69) is 5.32 Å². The molecule has 2 atom stereocenters. The minimum Gasteiger partial charge on any atom is -0.481 e. The zero-order valence-electron chi connectivity index (χ0n) is 10.1. The van der Waals surface area contributed by atoms with Gasteiger partial charge in [-0.3, -0.25) is 9.59 Å². The molecule has 4 N–H and O–H groups in total. The Balaban J connectivity index is 2.26. The predicted octanol–water partition coefficient (Wildman–Crippen LogP) is 1.29. The molecule has 2 unspecified atom stereocenters. The van der Waals surface area contributed by atoms with Crippen molar-refractivity contribution in [3.63, 3.8) is 0 Å². The van der Waals surface area contributed by atoms with Crippen LogP contribution in [0.4, 0.5) is 5.69 Å². The van der Waals surface area contributed by atoms with Crippen LogP contribution in [0.2, 0.25) is 0 Å². The van der Waals surface area contributed by atoms with Gasteiger partial charge < -0.3 is 16.2 Å². The van der Waals surface area contributed by atoms with Crippen molar-refractivity contribution in [1.82, 2.24) is 0 Å². The molecule has 1 aromatic rings. The number of carbonyl (C=O) groups excluding carboxylic acids is 1. The van der Waals surface area contributed by atoms with Gasteiger partial charge in [-0.25, -0.2) is 0 Å². The molecule has 0 aliphatic carbocycles. The van der Waals surface area contributed by atoms with Crippen molar-refractivity contribution in [3.05, 3.63) is 29.3 Å². The molecule has 0 bridgehead atoms. The molecule has 1 aliphatic rings. The third-order valence-electron chi connectivity index (χ3n) is 3.34. The summed E-state index contributed by atoms with van der Waals surface area (Å²) < 4.78 is 0.